The van der Waals surface area contributed by atoms with Gasteiger partial charge >= 0.3 is 0 Å². The standard InChI is InChI=1S/C47H50N10O5/c58-39-14-13-38(45(60)53-39)57-46(61)36-7-4-8-37(41(36)47(57)62)55-21-15-30(16-22-55)26-54-19-17-32(18-20-54)31-9-11-33(12-10-31)52-43-42-44(49-27-48-43)56(28-50-42)35-24-34(25-35)51-40(59)23-29-5-2-1-3-6-29/h1-12,27-28,30,32,34-35,38H,13-26H2,(H,51,59)(H,48,49,52)(H,53,58,60). The summed E-state index contributed by atoms with van der Waals surface area (Å²) in [5, 5.41) is 8.91. The number of nitrogens with zero attached hydrogens (tertiary/aromatic N) is 7. The number of carbonyl (C=O) groups excluding carboxylic acids is 5. The fraction of sp³-hybridized carbons (Fsp3) is 0.404. The average Bonchev–Trinajstić information content (AvgIpc) is 3.81. The number of nitrogens with one attached hydrogen (secondary N) is 3. The van der Waals surface area contributed by atoms with Gasteiger partial charge in [-0.25, -0.2) is 15.0 Å². The second-order valence-corrected chi connectivity index (χ2v) is 17.5. The Morgan fingerprint density at radius 2 is 1.56 bits per heavy atom. The van der Waals surface area contributed by atoms with Gasteiger partial charge < -0.3 is 25.0 Å². The van der Waals surface area contributed by atoms with Crippen molar-refractivity contribution in [3.05, 3.63) is 108 Å². The number of anilines is 3. The summed E-state index contributed by atoms with van der Waals surface area (Å²) in [5.74, 6) is -0.145. The highest BCUT2D eigenvalue weighted by molar-refractivity contribution is 6.25. The first kappa shape index (κ1) is 39.6. The third-order valence-corrected chi connectivity index (χ3v) is 13.6. The summed E-state index contributed by atoms with van der Waals surface area (Å²) >= 11 is 0. The van der Waals surface area contributed by atoms with E-state index >= 15 is 0 Å². The first-order valence-electron chi connectivity index (χ1n) is 22.0. The topological polar surface area (TPSA) is 175 Å². The first-order valence-corrected chi connectivity index (χ1v) is 22.0. The molecular formula is C47H50N10O5. The van der Waals surface area contributed by atoms with Gasteiger partial charge in [0.05, 0.1) is 29.6 Å². The van der Waals surface area contributed by atoms with Gasteiger partial charge in [-0.1, -0.05) is 48.5 Å². The van der Waals surface area contributed by atoms with Crippen molar-refractivity contribution >= 4 is 57.9 Å². The van der Waals surface area contributed by atoms with E-state index in [4.69, 9.17) is 4.98 Å². The quantitative estimate of drug-likeness (QED) is 0.151. The number of aromatic nitrogens is 4. The number of benzene rings is 3. The van der Waals surface area contributed by atoms with Crippen molar-refractivity contribution in [2.45, 2.75) is 81.8 Å². The minimum Gasteiger partial charge on any atom is -0.371 e. The molecule has 5 aliphatic rings. The van der Waals surface area contributed by atoms with Crippen molar-refractivity contribution in [2.75, 3.05) is 42.9 Å². The molecule has 6 heterocycles. The van der Waals surface area contributed by atoms with Gasteiger partial charge in [-0.2, -0.15) is 0 Å². The third-order valence-electron chi connectivity index (χ3n) is 13.6. The minimum absolute atomic E-state index is 0.0459. The van der Waals surface area contributed by atoms with Crippen molar-refractivity contribution in [2.24, 2.45) is 5.92 Å². The van der Waals surface area contributed by atoms with Crippen molar-refractivity contribution in [3.8, 4) is 0 Å². The van der Waals surface area contributed by atoms with Crippen LogP contribution < -0.4 is 20.9 Å². The van der Waals surface area contributed by atoms with E-state index in [-0.39, 0.29) is 36.7 Å². The van der Waals surface area contributed by atoms with Crippen LogP contribution in [-0.4, -0.2) is 104 Å². The Labute approximate surface area is 359 Å². The number of likely N-dealkylation sites (tertiary alicyclic amines) is 1. The Hall–Kier alpha value is -6.48. The van der Waals surface area contributed by atoms with Gasteiger partial charge in [0.15, 0.2) is 17.0 Å². The van der Waals surface area contributed by atoms with E-state index in [0.717, 1.165) is 104 Å². The van der Waals surface area contributed by atoms with Crippen LogP contribution >= 0.6 is 0 Å². The van der Waals surface area contributed by atoms with Gasteiger partial charge in [0, 0.05) is 43.8 Å². The molecule has 0 spiro atoms. The Morgan fingerprint density at radius 1 is 0.790 bits per heavy atom. The van der Waals surface area contributed by atoms with Gasteiger partial charge in [0.2, 0.25) is 17.7 Å². The van der Waals surface area contributed by atoms with E-state index in [2.05, 4.69) is 64.6 Å². The van der Waals surface area contributed by atoms with Gasteiger partial charge in [0.25, 0.3) is 11.8 Å². The SMILES string of the molecule is O=C1CCC(N2C(=O)c3cccc(N4CCC(CN5CCC(c6ccc(Nc7ncnc8c7ncn8C7CC(NC(=O)Cc8ccccc8)C7)cc6)CC5)CC4)c3C2=O)C(=O)N1. The van der Waals surface area contributed by atoms with Gasteiger partial charge in [-0.15, -0.1) is 0 Å². The Morgan fingerprint density at radius 3 is 2.32 bits per heavy atom. The molecule has 0 bridgehead atoms. The Bertz CT molecular complexity index is 2520. The van der Waals surface area contributed by atoms with Crippen LogP contribution in [0.5, 0.6) is 0 Å². The fourth-order valence-corrected chi connectivity index (χ4v) is 10.1. The zero-order chi connectivity index (χ0) is 42.3. The van der Waals surface area contributed by atoms with Crippen LogP contribution in [0.4, 0.5) is 17.2 Å². The molecule has 15 heteroatoms. The molecule has 3 aromatic carbocycles. The predicted molar refractivity (Wildman–Crippen MR) is 232 cm³/mol. The highest BCUT2D eigenvalue weighted by atomic mass is 16.2. The lowest BCUT2D eigenvalue weighted by atomic mass is 9.86. The molecule has 1 saturated carbocycles. The molecule has 4 aliphatic heterocycles. The van der Waals surface area contributed by atoms with Crippen LogP contribution in [-0.2, 0) is 20.8 Å². The number of rotatable bonds is 11. The smallest absolute Gasteiger partial charge is 0.264 e. The maximum Gasteiger partial charge on any atom is 0.264 e. The Balaban J connectivity index is 0.686. The summed E-state index contributed by atoms with van der Waals surface area (Å²) in [6.45, 7) is 4.73. The maximum absolute atomic E-state index is 13.7. The second kappa shape index (κ2) is 16.8. The maximum atomic E-state index is 13.7. The van der Waals surface area contributed by atoms with Gasteiger partial charge in [-0.05, 0) is 105 Å². The molecule has 1 unspecified atom stereocenters. The van der Waals surface area contributed by atoms with Gasteiger partial charge in [0.1, 0.15) is 12.4 Å². The molecule has 1 atom stereocenters. The molecule has 3 saturated heterocycles. The van der Waals surface area contributed by atoms with Gasteiger partial charge in [-0.3, -0.25) is 34.2 Å². The second-order valence-electron chi connectivity index (χ2n) is 17.5. The van der Waals surface area contributed by atoms with Crippen molar-refractivity contribution in [1.82, 2.24) is 40.0 Å². The van der Waals surface area contributed by atoms with Crippen LogP contribution in [0.1, 0.15) is 95.2 Å². The monoisotopic (exact) mass is 834 g/mol. The summed E-state index contributed by atoms with van der Waals surface area (Å²) in [7, 11) is 0. The molecule has 5 aromatic rings. The zero-order valence-electron chi connectivity index (χ0n) is 34.5. The van der Waals surface area contributed by atoms with Crippen LogP contribution in [0.15, 0.2) is 85.5 Å². The number of piperidine rings is 3. The van der Waals surface area contributed by atoms with Crippen LogP contribution in [0, 0.1) is 5.92 Å². The van der Waals surface area contributed by atoms with Crippen molar-refractivity contribution < 1.29 is 24.0 Å². The summed E-state index contributed by atoms with van der Waals surface area (Å²) in [5.41, 5.74) is 6.24. The van der Waals surface area contributed by atoms with Crippen LogP contribution in [0.2, 0.25) is 0 Å². The zero-order valence-corrected chi connectivity index (χ0v) is 34.5. The lowest BCUT2D eigenvalue weighted by molar-refractivity contribution is -0.136. The molecule has 4 fully saturated rings. The minimum atomic E-state index is -0.972. The number of amides is 5. The number of imidazole rings is 1. The van der Waals surface area contributed by atoms with E-state index in [1.807, 2.05) is 48.8 Å². The number of fused-ring (bicyclic) bond motifs is 2. The summed E-state index contributed by atoms with van der Waals surface area (Å²) in [6, 6.07) is 23.2. The molecule has 5 amide bonds. The van der Waals surface area contributed by atoms with Crippen LogP contribution in [0.25, 0.3) is 11.2 Å². The fourth-order valence-electron chi connectivity index (χ4n) is 10.1. The summed E-state index contributed by atoms with van der Waals surface area (Å²) in [4.78, 5) is 83.5. The summed E-state index contributed by atoms with van der Waals surface area (Å²) < 4.78 is 2.10. The number of imide groups is 2. The predicted octanol–water partition coefficient (Wildman–Crippen LogP) is 5.13. The van der Waals surface area contributed by atoms with E-state index in [9.17, 15) is 24.0 Å². The summed E-state index contributed by atoms with van der Waals surface area (Å²) in [6.07, 6.45) is 9.89. The highest BCUT2D eigenvalue weighted by Gasteiger charge is 2.46. The van der Waals surface area contributed by atoms with Crippen LogP contribution in [0.3, 0.4) is 0 Å². The molecule has 62 heavy (non-hydrogen) atoms. The molecule has 3 N–H and O–H groups in total. The molecule has 1 aliphatic carbocycles. The molecule has 15 nitrogen and oxygen atoms in total. The average molecular weight is 835 g/mol. The third kappa shape index (κ3) is 7.81. The Kier molecular flexibility index (Phi) is 10.7. The number of hydrogen-bond donors (Lipinski definition) is 3. The first-order chi connectivity index (χ1) is 30.3. The van der Waals surface area contributed by atoms with E-state index in [1.165, 1.54) is 5.56 Å². The largest absolute Gasteiger partial charge is 0.371 e. The lowest BCUT2D eigenvalue weighted by Gasteiger charge is -2.39. The van der Waals surface area contributed by atoms with E-state index in [1.54, 1.807) is 12.4 Å². The number of hydrogen-bond acceptors (Lipinski definition) is 11. The van der Waals surface area contributed by atoms with Crippen molar-refractivity contribution in [1.29, 1.82) is 0 Å². The van der Waals surface area contributed by atoms with E-state index in [0.29, 0.717) is 35.2 Å². The molecule has 318 valence electrons. The highest BCUT2D eigenvalue weighted by Crippen LogP contribution is 2.38. The molecular weight excluding hydrogens is 785 g/mol. The molecule has 0 radical (unpaired) electrons. The molecule has 10 rings (SSSR count). The van der Waals surface area contributed by atoms with Crippen molar-refractivity contribution in [3.63, 3.8) is 0 Å². The number of carbonyl (C=O) groups is 5. The normalized spacial score (nSPS) is 22.4. The lowest BCUT2D eigenvalue weighted by Crippen LogP contribution is -2.54. The molecule has 2 aromatic heterocycles. The van der Waals surface area contributed by atoms with E-state index < -0.39 is 23.8 Å².